The van der Waals surface area contributed by atoms with Crippen LogP contribution in [0.4, 0.5) is 0 Å². The first-order valence-electron chi connectivity index (χ1n) is 6.52. The fraction of sp³-hybridized carbons (Fsp3) is 0.600. The van der Waals surface area contributed by atoms with E-state index in [0.717, 1.165) is 6.42 Å². The smallest absolute Gasteiger partial charge is 0.0110 e. The Morgan fingerprint density at radius 3 is 2.81 bits per heavy atom. The first kappa shape index (κ1) is 11.7. The van der Waals surface area contributed by atoms with E-state index in [1.165, 1.54) is 30.4 Å². The standard InChI is InChI=1S/C15H23N/c1-11(2)10-15(16)14-9-5-7-12-6-3-4-8-13(12)14/h3-4,6,8,11,14-15H,5,7,9-10,16H2,1-2H3. The van der Waals surface area contributed by atoms with Crippen molar-refractivity contribution in [2.75, 3.05) is 0 Å². The Morgan fingerprint density at radius 1 is 1.31 bits per heavy atom. The van der Waals surface area contributed by atoms with Gasteiger partial charge in [-0.3, -0.25) is 0 Å². The van der Waals surface area contributed by atoms with Gasteiger partial charge in [-0.25, -0.2) is 0 Å². The minimum absolute atomic E-state index is 0.335. The number of hydrogen-bond acceptors (Lipinski definition) is 1. The molecule has 1 nitrogen and oxygen atoms in total. The average molecular weight is 217 g/mol. The molecular weight excluding hydrogens is 194 g/mol. The molecule has 88 valence electrons. The van der Waals surface area contributed by atoms with Crippen molar-refractivity contribution in [1.29, 1.82) is 0 Å². The topological polar surface area (TPSA) is 26.0 Å². The zero-order valence-electron chi connectivity index (χ0n) is 10.4. The van der Waals surface area contributed by atoms with Gasteiger partial charge in [0.1, 0.15) is 0 Å². The third kappa shape index (κ3) is 2.46. The molecule has 0 bridgehead atoms. The van der Waals surface area contributed by atoms with Gasteiger partial charge < -0.3 is 5.73 Å². The van der Waals surface area contributed by atoms with Crippen LogP contribution in [-0.2, 0) is 6.42 Å². The third-order valence-electron chi connectivity index (χ3n) is 3.68. The molecule has 1 aliphatic rings. The average Bonchev–Trinajstić information content (AvgIpc) is 2.27. The van der Waals surface area contributed by atoms with E-state index < -0.39 is 0 Å². The Bertz CT molecular complexity index is 343. The SMILES string of the molecule is CC(C)CC(N)C1CCCc2ccccc21. The lowest BCUT2D eigenvalue weighted by Crippen LogP contribution is -2.32. The summed E-state index contributed by atoms with van der Waals surface area (Å²) in [5, 5.41) is 0. The number of aryl methyl sites for hydroxylation is 1. The molecule has 2 N–H and O–H groups in total. The molecule has 1 heteroatoms. The number of benzene rings is 1. The molecule has 0 radical (unpaired) electrons. The molecular formula is C15H23N. The number of nitrogens with two attached hydrogens (primary N) is 1. The summed E-state index contributed by atoms with van der Waals surface area (Å²) in [5.41, 5.74) is 9.41. The maximum absolute atomic E-state index is 6.36. The summed E-state index contributed by atoms with van der Waals surface area (Å²) in [6.45, 7) is 4.52. The molecule has 0 saturated carbocycles. The van der Waals surface area contributed by atoms with Gasteiger partial charge in [0.15, 0.2) is 0 Å². The molecule has 0 aliphatic heterocycles. The zero-order chi connectivity index (χ0) is 11.5. The van der Waals surface area contributed by atoms with E-state index in [-0.39, 0.29) is 0 Å². The van der Waals surface area contributed by atoms with Crippen molar-refractivity contribution < 1.29 is 0 Å². The lowest BCUT2D eigenvalue weighted by atomic mass is 9.77. The van der Waals surface area contributed by atoms with Crippen molar-refractivity contribution >= 4 is 0 Å². The molecule has 2 rings (SSSR count). The zero-order valence-corrected chi connectivity index (χ0v) is 10.4. The van der Waals surface area contributed by atoms with E-state index in [1.54, 1.807) is 0 Å². The van der Waals surface area contributed by atoms with Crippen LogP contribution in [0.3, 0.4) is 0 Å². The van der Waals surface area contributed by atoms with Crippen LogP contribution in [0.15, 0.2) is 24.3 Å². The summed E-state index contributed by atoms with van der Waals surface area (Å²) in [6.07, 6.45) is 4.94. The number of rotatable bonds is 3. The van der Waals surface area contributed by atoms with Crippen LogP contribution in [0, 0.1) is 5.92 Å². The quantitative estimate of drug-likeness (QED) is 0.824. The third-order valence-corrected chi connectivity index (χ3v) is 3.68. The van der Waals surface area contributed by atoms with E-state index in [9.17, 15) is 0 Å². The van der Waals surface area contributed by atoms with Crippen LogP contribution < -0.4 is 5.73 Å². The van der Waals surface area contributed by atoms with E-state index in [1.807, 2.05) is 0 Å². The van der Waals surface area contributed by atoms with E-state index in [0.29, 0.717) is 17.9 Å². The van der Waals surface area contributed by atoms with Gasteiger partial charge in [0.2, 0.25) is 0 Å². The summed E-state index contributed by atoms with van der Waals surface area (Å²) in [7, 11) is 0. The maximum atomic E-state index is 6.36. The highest BCUT2D eigenvalue weighted by Gasteiger charge is 2.25. The molecule has 2 unspecified atom stereocenters. The van der Waals surface area contributed by atoms with Crippen LogP contribution in [0.5, 0.6) is 0 Å². The summed E-state index contributed by atoms with van der Waals surface area (Å²) < 4.78 is 0. The molecule has 0 aromatic heterocycles. The maximum Gasteiger partial charge on any atom is 0.0110 e. The molecule has 1 aromatic rings. The molecule has 1 aliphatic carbocycles. The van der Waals surface area contributed by atoms with Crippen molar-refractivity contribution in [1.82, 2.24) is 0 Å². The van der Waals surface area contributed by atoms with Gasteiger partial charge in [-0.1, -0.05) is 38.1 Å². The Labute approximate surface area is 99.0 Å². The van der Waals surface area contributed by atoms with Crippen molar-refractivity contribution in [3.63, 3.8) is 0 Å². The van der Waals surface area contributed by atoms with Gasteiger partial charge >= 0.3 is 0 Å². The summed E-state index contributed by atoms with van der Waals surface area (Å²) in [5.74, 6) is 1.29. The molecule has 16 heavy (non-hydrogen) atoms. The second-order valence-electron chi connectivity index (χ2n) is 5.49. The molecule has 1 aromatic carbocycles. The highest BCUT2D eigenvalue weighted by atomic mass is 14.7. The van der Waals surface area contributed by atoms with Crippen LogP contribution >= 0.6 is 0 Å². The van der Waals surface area contributed by atoms with Gasteiger partial charge in [0, 0.05) is 6.04 Å². The van der Waals surface area contributed by atoms with Crippen LogP contribution in [-0.4, -0.2) is 6.04 Å². The van der Waals surface area contributed by atoms with E-state index in [2.05, 4.69) is 38.1 Å². The Kier molecular flexibility index (Phi) is 3.65. The number of hydrogen-bond donors (Lipinski definition) is 1. The minimum atomic E-state index is 0.335. The predicted octanol–water partition coefficient (Wildman–Crippen LogP) is 3.48. The summed E-state index contributed by atoms with van der Waals surface area (Å²) in [6, 6.07) is 9.18. The highest BCUT2D eigenvalue weighted by molar-refractivity contribution is 5.33. The van der Waals surface area contributed by atoms with Gasteiger partial charge in [-0.05, 0) is 48.6 Å². The first-order valence-corrected chi connectivity index (χ1v) is 6.52. The fourth-order valence-corrected chi connectivity index (χ4v) is 2.94. The second kappa shape index (κ2) is 5.01. The van der Waals surface area contributed by atoms with E-state index >= 15 is 0 Å². The fourth-order valence-electron chi connectivity index (χ4n) is 2.94. The lowest BCUT2D eigenvalue weighted by molar-refractivity contribution is 0.398. The van der Waals surface area contributed by atoms with Gasteiger partial charge in [0.05, 0.1) is 0 Å². The number of fused-ring (bicyclic) bond motifs is 1. The molecule has 0 fully saturated rings. The van der Waals surface area contributed by atoms with Crippen LogP contribution in [0.2, 0.25) is 0 Å². The van der Waals surface area contributed by atoms with Crippen LogP contribution in [0.25, 0.3) is 0 Å². The Morgan fingerprint density at radius 2 is 2.06 bits per heavy atom. The largest absolute Gasteiger partial charge is 0.327 e. The monoisotopic (exact) mass is 217 g/mol. The minimum Gasteiger partial charge on any atom is -0.327 e. The van der Waals surface area contributed by atoms with Gasteiger partial charge in [0.25, 0.3) is 0 Å². The molecule has 0 saturated heterocycles. The summed E-state index contributed by atoms with van der Waals surface area (Å²) in [4.78, 5) is 0. The van der Waals surface area contributed by atoms with Crippen molar-refractivity contribution in [3.8, 4) is 0 Å². The van der Waals surface area contributed by atoms with Crippen LogP contribution in [0.1, 0.15) is 50.2 Å². The summed E-state index contributed by atoms with van der Waals surface area (Å²) >= 11 is 0. The molecule has 2 atom stereocenters. The normalized spacial score (nSPS) is 21.9. The predicted molar refractivity (Wildman–Crippen MR) is 69.6 cm³/mol. The highest BCUT2D eigenvalue weighted by Crippen LogP contribution is 2.34. The lowest BCUT2D eigenvalue weighted by Gasteiger charge is -2.31. The Hall–Kier alpha value is -0.820. The molecule has 0 heterocycles. The molecule has 0 amide bonds. The second-order valence-corrected chi connectivity index (χ2v) is 5.49. The molecule has 0 spiro atoms. The van der Waals surface area contributed by atoms with Crippen molar-refractivity contribution in [2.45, 2.75) is 51.5 Å². The van der Waals surface area contributed by atoms with Gasteiger partial charge in [-0.15, -0.1) is 0 Å². The van der Waals surface area contributed by atoms with Crippen molar-refractivity contribution in [3.05, 3.63) is 35.4 Å². The Balaban J connectivity index is 2.18. The van der Waals surface area contributed by atoms with E-state index in [4.69, 9.17) is 5.73 Å². The van der Waals surface area contributed by atoms with Crippen molar-refractivity contribution in [2.24, 2.45) is 11.7 Å². The first-order chi connectivity index (χ1) is 7.68. The van der Waals surface area contributed by atoms with Gasteiger partial charge in [-0.2, -0.15) is 0 Å².